The van der Waals surface area contributed by atoms with Crippen molar-refractivity contribution >= 4 is 5.91 Å². The van der Waals surface area contributed by atoms with E-state index in [-0.39, 0.29) is 18.3 Å². The molecule has 128 valence electrons. The van der Waals surface area contributed by atoms with Crippen molar-refractivity contribution in [3.8, 4) is 5.75 Å². The largest absolute Gasteiger partial charge is 0.481 e. The van der Waals surface area contributed by atoms with Crippen LogP contribution in [0.25, 0.3) is 0 Å². The smallest absolute Gasteiger partial charge is 0.257 e. The summed E-state index contributed by atoms with van der Waals surface area (Å²) in [5.74, 6) is -0.553. The molecule has 0 radical (unpaired) electrons. The summed E-state index contributed by atoms with van der Waals surface area (Å²) in [7, 11) is 2.17. The molecule has 0 heterocycles. The zero-order valence-corrected chi connectivity index (χ0v) is 13.9. The Morgan fingerprint density at radius 1 is 1.30 bits per heavy atom. The summed E-state index contributed by atoms with van der Waals surface area (Å²) in [4.78, 5) is 14.1. The van der Waals surface area contributed by atoms with Gasteiger partial charge in [-0.2, -0.15) is 0 Å². The molecule has 5 heteroatoms. The van der Waals surface area contributed by atoms with Crippen molar-refractivity contribution in [1.82, 2.24) is 10.2 Å². The van der Waals surface area contributed by atoms with E-state index in [0.717, 1.165) is 13.0 Å². The molecule has 0 atom stereocenters. The molecule has 0 bridgehead atoms. The second-order valence-corrected chi connectivity index (χ2v) is 6.20. The van der Waals surface area contributed by atoms with E-state index in [1.54, 1.807) is 12.1 Å². The van der Waals surface area contributed by atoms with Crippen LogP contribution >= 0.6 is 0 Å². The van der Waals surface area contributed by atoms with Crippen LogP contribution in [0.1, 0.15) is 38.5 Å². The maximum absolute atomic E-state index is 13.4. The van der Waals surface area contributed by atoms with Gasteiger partial charge in [-0.3, -0.25) is 4.79 Å². The maximum Gasteiger partial charge on any atom is 0.257 e. The van der Waals surface area contributed by atoms with Crippen LogP contribution in [-0.4, -0.2) is 43.6 Å². The van der Waals surface area contributed by atoms with Gasteiger partial charge in [0.1, 0.15) is 0 Å². The molecule has 4 nitrogen and oxygen atoms in total. The van der Waals surface area contributed by atoms with Crippen LogP contribution in [0, 0.1) is 5.82 Å². The molecule has 1 aliphatic carbocycles. The van der Waals surface area contributed by atoms with Gasteiger partial charge >= 0.3 is 0 Å². The van der Waals surface area contributed by atoms with E-state index in [4.69, 9.17) is 4.74 Å². The first-order valence-corrected chi connectivity index (χ1v) is 8.51. The molecule has 1 amide bonds. The van der Waals surface area contributed by atoms with Gasteiger partial charge in [-0.15, -0.1) is 0 Å². The second kappa shape index (κ2) is 9.50. The molecule has 2 rings (SSSR count). The highest BCUT2D eigenvalue weighted by Crippen LogP contribution is 2.21. The first-order chi connectivity index (χ1) is 11.2. The zero-order valence-electron chi connectivity index (χ0n) is 13.9. The monoisotopic (exact) mass is 322 g/mol. The number of nitrogens with zero attached hydrogens (tertiary/aromatic N) is 1. The summed E-state index contributed by atoms with van der Waals surface area (Å²) in [6.45, 7) is 1.45. The quantitative estimate of drug-likeness (QED) is 0.748. The number of nitrogens with one attached hydrogen (secondary N) is 1. The van der Waals surface area contributed by atoms with Gasteiger partial charge in [0.25, 0.3) is 5.91 Å². The molecule has 0 saturated heterocycles. The highest BCUT2D eigenvalue weighted by atomic mass is 19.1. The summed E-state index contributed by atoms with van der Waals surface area (Å²) in [5, 5.41) is 2.82. The molecule has 1 N–H and O–H groups in total. The first-order valence-electron chi connectivity index (χ1n) is 8.51. The first kappa shape index (κ1) is 17.7. The van der Waals surface area contributed by atoms with Crippen molar-refractivity contribution in [2.75, 3.05) is 26.7 Å². The summed E-state index contributed by atoms with van der Waals surface area (Å²) in [5.41, 5.74) is 0. The number of rotatable bonds is 8. The fourth-order valence-corrected chi connectivity index (χ4v) is 3.02. The maximum atomic E-state index is 13.4. The van der Waals surface area contributed by atoms with Crippen LogP contribution in [-0.2, 0) is 4.79 Å². The van der Waals surface area contributed by atoms with Crippen LogP contribution < -0.4 is 10.1 Å². The van der Waals surface area contributed by atoms with E-state index >= 15 is 0 Å². The Morgan fingerprint density at radius 3 is 2.78 bits per heavy atom. The lowest BCUT2D eigenvalue weighted by Gasteiger charge is -2.31. The van der Waals surface area contributed by atoms with Crippen molar-refractivity contribution in [2.24, 2.45) is 0 Å². The summed E-state index contributed by atoms with van der Waals surface area (Å²) >= 11 is 0. The lowest BCUT2D eigenvalue weighted by Crippen LogP contribution is -2.36. The average Bonchev–Trinajstić information content (AvgIpc) is 2.58. The van der Waals surface area contributed by atoms with E-state index in [1.165, 1.54) is 44.2 Å². The fraction of sp³-hybridized carbons (Fsp3) is 0.611. The standard InChI is InChI=1S/C18H27FN2O2/c1-21(15-8-3-2-4-9-15)13-7-12-20-18(22)14-23-17-11-6-5-10-16(17)19/h5-6,10-11,15H,2-4,7-9,12-14H2,1H3,(H,20,22). The van der Waals surface area contributed by atoms with Gasteiger partial charge in [-0.25, -0.2) is 4.39 Å². The molecule has 1 aliphatic rings. The topological polar surface area (TPSA) is 41.6 Å². The number of carbonyl (C=O) groups is 1. The third kappa shape index (κ3) is 6.18. The number of amides is 1. The molecule has 0 aliphatic heterocycles. The Hall–Kier alpha value is -1.62. The molecule has 23 heavy (non-hydrogen) atoms. The molecule has 0 aromatic heterocycles. The van der Waals surface area contributed by atoms with Crippen LogP contribution in [0.4, 0.5) is 4.39 Å². The van der Waals surface area contributed by atoms with E-state index < -0.39 is 5.82 Å². The molecular weight excluding hydrogens is 295 g/mol. The molecule has 0 spiro atoms. The molecule has 0 unspecified atom stereocenters. The predicted octanol–water partition coefficient (Wildman–Crippen LogP) is 2.98. The van der Waals surface area contributed by atoms with Crippen molar-refractivity contribution in [3.63, 3.8) is 0 Å². The number of hydrogen-bond donors (Lipinski definition) is 1. The second-order valence-electron chi connectivity index (χ2n) is 6.20. The normalized spacial score (nSPS) is 15.6. The fourth-order valence-electron chi connectivity index (χ4n) is 3.02. The van der Waals surface area contributed by atoms with Crippen LogP contribution in [0.3, 0.4) is 0 Å². The number of para-hydroxylation sites is 1. The van der Waals surface area contributed by atoms with Gasteiger partial charge in [0.05, 0.1) is 0 Å². The van der Waals surface area contributed by atoms with Crippen molar-refractivity contribution in [3.05, 3.63) is 30.1 Å². The summed E-state index contributed by atoms with van der Waals surface area (Å²) in [6, 6.07) is 6.79. The highest BCUT2D eigenvalue weighted by molar-refractivity contribution is 5.77. The summed E-state index contributed by atoms with van der Waals surface area (Å²) < 4.78 is 18.5. The lowest BCUT2D eigenvalue weighted by molar-refractivity contribution is -0.123. The third-order valence-corrected chi connectivity index (χ3v) is 4.40. The van der Waals surface area contributed by atoms with Crippen LogP contribution in [0.5, 0.6) is 5.75 Å². The number of hydrogen-bond acceptors (Lipinski definition) is 3. The SMILES string of the molecule is CN(CCCNC(=O)COc1ccccc1F)C1CCCCC1. The Morgan fingerprint density at radius 2 is 2.04 bits per heavy atom. The number of ether oxygens (including phenoxy) is 1. The Bertz CT molecular complexity index is 490. The molecular formula is C18H27FN2O2. The van der Waals surface area contributed by atoms with Crippen molar-refractivity contribution in [1.29, 1.82) is 0 Å². The Balaban J connectivity index is 1.57. The van der Waals surface area contributed by atoms with Gasteiger partial charge in [-0.1, -0.05) is 31.4 Å². The highest BCUT2D eigenvalue weighted by Gasteiger charge is 2.17. The molecule has 1 aromatic carbocycles. The Labute approximate surface area is 138 Å². The molecule has 1 aromatic rings. The van der Waals surface area contributed by atoms with E-state index in [0.29, 0.717) is 12.6 Å². The van der Waals surface area contributed by atoms with Gasteiger partial charge in [-0.05, 0) is 45.0 Å². The third-order valence-electron chi connectivity index (χ3n) is 4.40. The average molecular weight is 322 g/mol. The molecule has 1 fully saturated rings. The predicted molar refractivity (Wildman–Crippen MR) is 89.0 cm³/mol. The number of carbonyl (C=O) groups excluding carboxylic acids is 1. The van der Waals surface area contributed by atoms with E-state index in [2.05, 4.69) is 17.3 Å². The van der Waals surface area contributed by atoms with Crippen molar-refractivity contribution in [2.45, 2.75) is 44.6 Å². The Kier molecular flexibility index (Phi) is 7.33. The van der Waals surface area contributed by atoms with Crippen LogP contribution in [0.15, 0.2) is 24.3 Å². The van der Waals surface area contributed by atoms with Gasteiger partial charge < -0.3 is 15.0 Å². The van der Waals surface area contributed by atoms with Crippen molar-refractivity contribution < 1.29 is 13.9 Å². The van der Waals surface area contributed by atoms with Crippen LogP contribution in [0.2, 0.25) is 0 Å². The number of halogens is 1. The summed E-state index contributed by atoms with van der Waals surface area (Å²) in [6.07, 6.45) is 7.53. The number of benzene rings is 1. The van der Waals surface area contributed by atoms with Gasteiger partial charge in [0, 0.05) is 12.6 Å². The zero-order chi connectivity index (χ0) is 16.5. The minimum Gasteiger partial charge on any atom is -0.481 e. The van der Waals surface area contributed by atoms with Gasteiger partial charge in [0.2, 0.25) is 0 Å². The molecule has 1 saturated carbocycles. The van der Waals surface area contributed by atoms with E-state index in [9.17, 15) is 9.18 Å². The minimum atomic E-state index is -0.450. The lowest BCUT2D eigenvalue weighted by atomic mass is 9.94. The van der Waals surface area contributed by atoms with Gasteiger partial charge in [0.15, 0.2) is 18.2 Å². The van der Waals surface area contributed by atoms with E-state index in [1.807, 2.05) is 0 Å². The minimum absolute atomic E-state index is 0.111.